The van der Waals surface area contributed by atoms with Crippen molar-refractivity contribution in [3.63, 3.8) is 0 Å². The first-order valence-corrected chi connectivity index (χ1v) is 5.72. The largest absolute Gasteiger partial charge is 0.468 e. The van der Waals surface area contributed by atoms with E-state index in [-0.39, 0.29) is 0 Å². The van der Waals surface area contributed by atoms with Crippen molar-refractivity contribution in [2.75, 3.05) is 18.8 Å². The fraction of sp³-hybridized carbons (Fsp3) is 0.600. The van der Waals surface area contributed by atoms with Gasteiger partial charge in [0.1, 0.15) is 5.76 Å². The van der Waals surface area contributed by atoms with Crippen LogP contribution >= 0.6 is 11.8 Å². The molecule has 1 aliphatic rings. The Bertz CT molecular complexity index is 266. The molecule has 0 spiro atoms. The van der Waals surface area contributed by atoms with Crippen LogP contribution in [-0.4, -0.2) is 18.8 Å². The first-order chi connectivity index (χ1) is 6.36. The summed E-state index contributed by atoms with van der Waals surface area (Å²) in [5, 5.41) is 3.38. The van der Waals surface area contributed by atoms with Gasteiger partial charge in [0.2, 0.25) is 0 Å². The second-order valence-electron chi connectivity index (χ2n) is 3.51. The van der Waals surface area contributed by atoms with E-state index in [0.717, 1.165) is 11.7 Å². The zero-order valence-electron chi connectivity index (χ0n) is 7.88. The van der Waals surface area contributed by atoms with Gasteiger partial charge in [0.25, 0.3) is 0 Å². The number of rotatable bonds is 3. The predicted molar refractivity (Wildman–Crippen MR) is 55.1 cm³/mol. The average Bonchev–Trinajstić information content (AvgIpc) is 2.72. The Balaban J connectivity index is 1.82. The summed E-state index contributed by atoms with van der Waals surface area (Å²) >= 11 is 1.92. The molecule has 1 aromatic rings. The topological polar surface area (TPSA) is 25.2 Å². The molecule has 1 atom stereocenters. The standard InChI is InChI=1S/C10H15NOS/c1-8-10(3-5-12-8)13-7-9-2-4-11-6-9/h3,5,9,11H,2,4,6-7H2,1H3. The summed E-state index contributed by atoms with van der Waals surface area (Å²) < 4.78 is 5.24. The van der Waals surface area contributed by atoms with E-state index in [0.29, 0.717) is 0 Å². The molecule has 1 aliphatic heterocycles. The molecule has 0 radical (unpaired) electrons. The second kappa shape index (κ2) is 4.20. The van der Waals surface area contributed by atoms with E-state index in [1.807, 2.05) is 18.7 Å². The number of nitrogens with one attached hydrogen (secondary N) is 1. The van der Waals surface area contributed by atoms with Gasteiger partial charge in [0, 0.05) is 10.6 Å². The van der Waals surface area contributed by atoms with Gasteiger partial charge >= 0.3 is 0 Å². The number of hydrogen-bond donors (Lipinski definition) is 1. The van der Waals surface area contributed by atoms with Crippen molar-refractivity contribution in [2.24, 2.45) is 5.92 Å². The maximum absolute atomic E-state index is 5.24. The molecule has 0 bridgehead atoms. The van der Waals surface area contributed by atoms with Crippen molar-refractivity contribution < 1.29 is 4.42 Å². The Hall–Kier alpha value is -0.410. The molecule has 72 valence electrons. The van der Waals surface area contributed by atoms with E-state index in [9.17, 15) is 0 Å². The third-order valence-corrected chi connectivity index (χ3v) is 3.82. The zero-order chi connectivity index (χ0) is 9.10. The van der Waals surface area contributed by atoms with Gasteiger partial charge in [-0.15, -0.1) is 11.8 Å². The first-order valence-electron chi connectivity index (χ1n) is 4.74. The summed E-state index contributed by atoms with van der Waals surface area (Å²) in [6, 6.07) is 2.06. The van der Waals surface area contributed by atoms with Crippen LogP contribution in [0.15, 0.2) is 21.6 Å². The first kappa shape index (κ1) is 9.16. The lowest BCUT2D eigenvalue weighted by molar-refractivity contribution is 0.526. The molecule has 1 aromatic heterocycles. The van der Waals surface area contributed by atoms with Gasteiger partial charge in [0.15, 0.2) is 0 Å². The van der Waals surface area contributed by atoms with Gasteiger partial charge < -0.3 is 9.73 Å². The molecule has 1 saturated heterocycles. The van der Waals surface area contributed by atoms with Gasteiger partial charge in [-0.05, 0) is 38.4 Å². The molecule has 13 heavy (non-hydrogen) atoms. The van der Waals surface area contributed by atoms with Crippen LogP contribution in [0.3, 0.4) is 0 Å². The smallest absolute Gasteiger partial charge is 0.114 e. The fourth-order valence-corrected chi connectivity index (χ4v) is 2.69. The number of furan rings is 1. The highest BCUT2D eigenvalue weighted by Crippen LogP contribution is 2.26. The number of hydrogen-bond acceptors (Lipinski definition) is 3. The maximum Gasteiger partial charge on any atom is 0.114 e. The van der Waals surface area contributed by atoms with E-state index in [1.165, 1.54) is 30.2 Å². The normalized spacial score (nSPS) is 22.4. The predicted octanol–water partition coefficient (Wildman–Crippen LogP) is 2.29. The Labute approximate surface area is 83.1 Å². The summed E-state index contributed by atoms with van der Waals surface area (Å²) in [5.74, 6) is 3.11. The molecule has 1 unspecified atom stereocenters. The van der Waals surface area contributed by atoms with Gasteiger partial charge in [0.05, 0.1) is 6.26 Å². The second-order valence-corrected chi connectivity index (χ2v) is 4.57. The Morgan fingerprint density at radius 1 is 1.69 bits per heavy atom. The maximum atomic E-state index is 5.24. The zero-order valence-corrected chi connectivity index (χ0v) is 8.69. The average molecular weight is 197 g/mol. The van der Waals surface area contributed by atoms with E-state index in [2.05, 4.69) is 11.4 Å². The van der Waals surface area contributed by atoms with Crippen LogP contribution in [0.1, 0.15) is 12.2 Å². The highest BCUT2D eigenvalue weighted by Gasteiger charge is 2.15. The molecule has 1 N–H and O–H groups in total. The van der Waals surface area contributed by atoms with Crippen molar-refractivity contribution in [2.45, 2.75) is 18.2 Å². The quantitative estimate of drug-likeness (QED) is 0.753. The Morgan fingerprint density at radius 3 is 3.23 bits per heavy atom. The SMILES string of the molecule is Cc1occc1SCC1CCNC1. The molecule has 2 rings (SSSR count). The summed E-state index contributed by atoms with van der Waals surface area (Å²) in [6.07, 6.45) is 3.09. The third kappa shape index (κ3) is 2.29. The van der Waals surface area contributed by atoms with Crippen LogP contribution in [0.5, 0.6) is 0 Å². The van der Waals surface area contributed by atoms with E-state index < -0.39 is 0 Å². The lowest BCUT2D eigenvalue weighted by atomic mass is 10.2. The molecule has 2 heterocycles. The van der Waals surface area contributed by atoms with Crippen molar-refractivity contribution in [1.82, 2.24) is 5.32 Å². The minimum atomic E-state index is 0.847. The van der Waals surface area contributed by atoms with Crippen LogP contribution in [-0.2, 0) is 0 Å². The molecule has 0 saturated carbocycles. The summed E-state index contributed by atoms with van der Waals surface area (Å²) in [4.78, 5) is 1.30. The van der Waals surface area contributed by atoms with Gasteiger partial charge in [-0.1, -0.05) is 0 Å². The highest BCUT2D eigenvalue weighted by molar-refractivity contribution is 7.99. The molecule has 1 fully saturated rings. The monoisotopic (exact) mass is 197 g/mol. The van der Waals surface area contributed by atoms with Crippen LogP contribution in [0.4, 0.5) is 0 Å². The van der Waals surface area contributed by atoms with Crippen LogP contribution < -0.4 is 5.32 Å². The van der Waals surface area contributed by atoms with E-state index in [1.54, 1.807) is 6.26 Å². The molecular weight excluding hydrogens is 182 g/mol. The Kier molecular flexibility index (Phi) is 2.96. The van der Waals surface area contributed by atoms with Crippen molar-refractivity contribution in [3.05, 3.63) is 18.1 Å². The van der Waals surface area contributed by atoms with Crippen LogP contribution in [0.25, 0.3) is 0 Å². The van der Waals surface area contributed by atoms with Crippen LogP contribution in [0, 0.1) is 12.8 Å². The molecule has 0 amide bonds. The summed E-state index contributed by atoms with van der Waals surface area (Å²) in [5.41, 5.74) is 0. The lowest BCUT2D eigenvalue weighted by Crippen LogP contribution is -2.10. The fourth-order valence-electron chi connectivity index (χ4n) is 1.59. The molecule has 2 nitrogen and oxygen atoms in total. The molecule has 0 aliphatic carbocycles. The number of thioether (sulfide) groups is 1. The van der Waals surface area contributed by atoms with E-state index >= 15 is 0 Å². The van der Waals surface area contributed by atoms with Crippen LogP contribution in [0.2, 0.25) is 0 Å². The summed E-state index contributed by atoms with van der Waals surface area (Å²) in [6.45, 7) is 4.40. The van der Waals surface area contributed by atoms with Crippen molar-refractivity contribution >= 4 is 11.8 Å². The molecular formula is C10H15NOS. The lowest BCUT2D eigenvalue weighted by Gasteiger charge is -2.05. The third-order valence-electron chi connectivity index (χ3n) is 2.45. The number of aryl methyl sites for hydroxylation is 1. The molecule has 0 aromatic carbocycles. The minimum Gasteiger partial charge on any atom is -0.468 e. The minimum absolute atomic E-state index is 0.847. The summed E-state index contributed by atoms with van der Waals surface area (Å²) in [7, 11) is 0. The Morgan fingerprint density at radius 2 is 2.62 bits per heavy atom. The van der Waals surface area contributed by atoms with E-state index in [4.69, 9.17) is 4.42 Å². The van der Waals surface area contributed by atoms with Gasteiger partial charge in [-0.2, -0.15) is 0 Å². The van der Waals surface area contributed by atoms with Gasteiger partial charge in [-0.25, -0.2) is 0 Å². The van der Waals surface area contributed by atoms with Crippen molar-refractivity contribution in [1.29, 1.82) is 0 Å². The molecule has 3 heteroatoms. The van der Waals surface area contributed by atoms with Gasteiger partial charge in [-0.3, -0.25) is 0 Å². The van der Waals surface area contributed by atoms with Crippen molar-refractivity contribution in [3.8, 4) is 0 Å². The highest BCUT2D eigenvalue weighted by atomic mass is 32.2.